The second kappa shape index (κ2) is 8.36. The molecule has 3 aromatic heterocycles. The van der Waals surface area contributed by atoms with Crippen molar-refractivity contribution in [1.29, 1.82) is 0 Å². The number of para-hydroxylation sites is 1. The van der Waals surface area contributed by atoms with Crippen LogP contribution in [-0.4, -0.2) is 27.8 Å². The number of anilines is 1. The van der Waals surface area contributed by atoms with Crippen molar-refractivity contribution < 1.29 is 9.21 Å². The van der Waals surface area contributed by atoms with Gasteiger partial charge in [-0.05, 0) is 42.7 Å². The number of furan rings is 1. The Morgan fingerprint density at radius 1 is 1.26 bits per heavy atom. The summed E-state index contributed by atoms with van der Waals surface area (Å²) in [5, 5.41) is 1.16. The number of aryl methyl sites for hydroxylation is 1. The van der Waals surface area contributed by atoms with E-state index < -0.39 is 0 Å². The van der Waals surface area contributed by atoms with Gasteiger partial charge in [0, 0.05) is 17.1 Å². The molecule has 0 N–H and O–H groups in total. The van der Waals surface area contributed by atoms with Gasteiger partial charge in [-0.2, -0.15) is 0 Å². The van der Waals surface area contributed by atoms with Gasteiger partial charge in [0.25, 0.3) is 5.56 Å². The molecule has 0 unspecified atom stereocenters. The van der Waals surface area contributed by atoms with Crippen molar-refractivity contribution in [2.24, 2.45) is 0 Å². The maximum Gasteiger partial charge on any atom is 0.263 e. The molecule has 4 heterocycles. The van der Waals surface area contributed by atoms with E-state index in [1.165, 1.54) is 28.7 Å². The summed E-state index contributed by atoms with van der Waals surface area (Å²) in [6.07, 6.45) is 3.32. The lowest BCUT2D eigenvalue weighted by Gasteiger charge is -2.17. The normalized spacial score (nSPS) is 13.1. The van der Waals surface area contributed by atoms with E-state index in [0.717, 1.165) is 28.2 Å². The topological polar surface area (TPSA) is 68.3 Å². The number of fused-ring (bicyclic) bond motifs is 2. The van der Waals surface area contributed by atoms with Crippen LogP contribution in [0.25, 0.3) is 10.2 Å². The molecule has 1 amide bonds. The van der Waals surface area contributed by atoms with E-state index in [4.69, 9.17) is 9.40 Å². The zero-order valence-corrected chi connectivity index (χ0v) is 18.7. The van der Waals surface area contributed by atoms with Gasteiger partial charge in [-0.1, -0.05) is 36.9 Å². The Kier molecular flexibility index (Phi) is 5.41. The van der Waals surface area contributed by atoms with Crippen molar-refractivity contribution in [3.05, 3.63) is 75.3 Å². The van der Waals surface area contributed by atoms with E-state index in [-0.39, 0.29) is 23.8 Å². The van der Waals surface area contributed by atoms with Gasteiger partial charge in [0.1, 0.15) is 10.6 Å². The van der Waals surface area contributed by atoms with Gasteiger partial charge in [-0.15, -0.1) is 11.3 Å². The van der Waals surface area contributed by atoms with Crippen molar-refractivity contribution in [3.63, 3.8) is 0 Å². The summed E-state index contributed by atoms with van der Waals surface area (Å²) in [6, 6.07) is 13.6. The van der Waals surface area contributed by atoms with Crippen LogP contribution in [-0.2, 0) is 24.2 Å². The van der Waals surface area contributed by atoms with Gasteiger partial charge in [0.2, 0.25) is 5.91 Å². The highest BCUT2D eigenvalue weighted by molar-refractivity contribution is 7.99. The van der Waals surface area contributed by atoms with E-state index in [9.17, 15) is 9.59 Å². The lowest BCUT2D eigenvalue weighted by atomic mass is 10.2. The molecule has 5 rings (SSSR count). The van der Waals surface area contributed by atoms with Crippen molar-refractivity contribution in [2.75, 3.05) is 17.2 Å². The van der Waals surface area contributed by atoms with Crippen molar-refractivity contribution in [3.8, 4) is 0 Å². The first-order valence-electron chi connectivity index (χ1n) is 10.2. The first kappa shape index (κ1) is 20.1. The van der Waals surface area contributed by atoms with E-state index in [1.807, 2.05) is 35.2 Å². The fourth-order valence-corrected chi connectivity index (χ4v) is 5.71. The standard InChI is InChI=1S/C23H21N3O3S2/c1-2-17-12-18-21(31-17)24-23(26(22(18)28)13-16-7-5-11-29-16)30-14-20(27)25-10-9-15-6-3-4-8-19(15)25/h3-8,11-12H,2,9-10,13-14H2,1H3. The van der Waals surface area contributed by atoms with Gasteiger partial charge in [-0.3, -0.25) is 14.2 Å². The molecule has 8 heteroatoms. The van der Waals surface area contributed by atoms with Gasteiger partial charge in [-0.25, -0.2) is 4.98 Å². The molecule has 6 nitrogen and oxygen atoms in total. The molecular weight excluding hydrogens is 430 g/mol. The second-order valence-corrected chi connectivity index (χ2v) is 9.42. The van der Waals surface area contributed by atoms with Gasteiger partial charge >= 0.3 is 0 Å². The number of aromatic nitrogens is 2. The van der Waals surface area contributed by atoms with Gasteiger partial charge in [0.05, 0.1) is 23.9 Å². The summed E-state index contributed by atoms with van der Waals surface area (Å²) in [5.74, 6) is 0.918. The predicted molar refractivity (Wildman–Crippen MR) is 124 cm³/mol. The molecule has 1 aromatic carbocycles. The maximum atomic E-state index is 13.2. The number of thioether (sulfide) groups is 1. The summed E-state index contributed by atoms with van der Waals surface area (Å²) in [7, 11) is 0. The monoisotopic (exact) mass is 451 g/mol. The Balaban J connectivity index is 1.45. The lowest BCUT2D eigenvalue weighted by molar-refractivity contribution is -0.116. The fraction of sp³-hybridized carbons (Fsp3) is 0.261. The number of amides is 1. The van der Waals surface area contributed by atoms with Gasteiger partial charge in [0.15, 0.2) is 5.16 Å². The molecule has 0 spiro atoms. The van der Waals surface area contributed by atoms with Crippen molar-refractivity contribution in [2.45, 2.75) is 31.5 Å². The number of carbonyl (C=O) groups excluding carboxylic acids is 1. The lowest BCUT2D eigenvalue weighted by Crippen LogP contribution is -2.31. The predicted octanol–water partition coefficient (Wildman–Crippen LogP) is 4.34. The number of thiophene rings is 1. The molecule has 1 aliphatic rings. The molecular formula is C23H21N3O3S2. The zero-order chi connectivity index (χ0) is 21.4. The summed E-state index contributed by atoms with van der Waals surface area (Å²) in [5.41, 5.74) is 2.08. The van der Waals surface area contributed by atoms with E-state index in [2.05, 4.69) is 13.0 Å². The third kappa shape index (κ3) is 3.81. The van der Waals surface area contributed by atoms with Crippen molar-refractivity contribution in [1.82, 2.24) is 9.55 Å². The second-order valence-electron chi connectivity index (χ2n) is 7.36. The molecule has 4 aromatic rings. The number of rotatable bonds is 6. The Labute approximate surface area is 187 Å². The minimum absolute atomic E-state index is 0.0225. The van der Waals surface area contributed by atoms with Crippen LogP contribution in [0, 0.1) is 0 Å². The number of benzene rings is 1. The van der Waals surface area contributed by atoms with Crippen LogP contribution in [0.4, 0.5) is 5.69 Å². The third-order valence-electron chi connectivity index (χ3n) is 5.42. The first-order valence-corrected chi connectivity index (χ1v) is 12.0. The van der Waals surface area contributed by atoms with Crippen LogP contribution >= 0.6 is 23.1 Å². The quantitative estimate of drug-likeness (QED) is 0.322. The van der Waals surface area contributed by atoms with E-state index >= 15 is 0 Å². The molecule has 0 fully saturated rings. The summed E-state index contributed by atoms with van der Waals surface area (Å²) >= 11 is 2.85. The molecule has 1 aliphatic heterocycles. The van der Waals surface area contributed by atoms with Crippen LogP contribution in [0.15, 0.2) is 63.1 Å². The number of hydrogen-bond acceptors (Lipinski definition) is 6. The average Bonchev–Trinajstić information content (AvgIpc) is 3.53. The SMILES string of the molecule is CCc1cc2c(=O)n(Cc3ccco3)c(SCC(=O)N3CCc4ccccc43)nc2s1. The van der Waals surface area contributed by atoms with E-state index in [1.54, 1.807) is 16.9 Å². The maximum absolute atomic E-state index is 13.2. The summed E-state index contributed by atoms with van der Waals surface area (Å²) in [4.78, 5) is 34.7. The van der Waals surface area contributed by atoms with Crippen LogP contribution in [0.5, 0.6) is 0 Å². The fourth-order valence-electron chi connectivity index (χ4n) is 3.83. The molecule has 0 atom stereocenters. The highest BCUT2D eigenvalue weighted by Gasteiger charge is 2.25. The van der Waals surface area contributed by atoms with Gasteiger partial charge < -0.3 is 9.32 Å². The van der Waals surface area contributed by atoms with Crippen LogP contribution in [0.2, 0.25) is 0 Å². The molecule has 158 valence electrons. The third-order valence-corrected chi connectivity index (χ3v) is 7.56. The summed E-state index contributed by atoms with van der Waals surface area (Å²) in [6.45, 7) is 3.04. The zero-order valence-electron chi connectivity index (χ0n) is 17.0. The Morgan fingerprint density at radius 3 is 2.94 bits per heavy atom. The van der Waals surface area contributed by atoms with Crippen LogP contribution < -0.4 is 10.5 Å². The Morgan fingerprint density at radius 2 is 2.13 bits per heavy atom. The van der Waals surface area contributed by atoms with E-state index in [0.29, 0.717) is 22.8 Å². The summed E-state index contributed by atoms with van der Waals surface area (Å²) < 4.78 is 7.08. The largest absolute Gasteiger partial charge is 0.467 e. The molecule has 0 saturated carbocycles. The van der Waals surface area contributed by atoms with Crippen LogP contribution in [0.3, 0.4) is 0 Å². The molecule has 0 aliphatic carbocycles. The van der Waals surface area contributed by atoms with Crippen LogP contribution in [0.1, 0.15) is 23.1 Å². The molecule has 0 radical (unpaired) electrons. The molecule has 0 bridgehead atoms. The minimum Gasteiger partial charge on any atom is -0.467 e. The Hall–Kier alpha value is -2.84. The highest BCUT2D eigenvalue weighted by Crippen LogP contribution is 2.30. The Bertz CT molecular complexity index is 1310. The average molecular weight is 452 g/mol. The number of hydrogen-bond donors (Lipinski definition) is 0. The highest BCUT2D eigenvalue weighted by atomic mass is 32.2. The molecule has 0 saturated heterocycles. The minimum atomic E-state index is -0.0983. The van der Waals surface area contributed by atoms with Crippen molar-refractivity contribution >= 4 is 44.9 Å². The smallest absolute Gasteiger partial charge is 0.263 e. The molecule has 31 heavy (non-hydrogen) atoms. The number of nitrogens with zero attached hydrogens (tertiary/aromatic N) is 3. The first-order chi connectivity index (χ1) is 15.1. The number of carbonyl (C=O) groups is 1.